The van der Waals surface area contributed by atoms with Gasteiger partial charge in [-0.15, -0.1) is 17.9 Å². The molecule has 1 amide bonds. The molecular formula is C30H38N4OS. The number of anilines is 1. The lowest BCUT2D eigenvalue weighted by molar-refractivity contribution is 0.0773. The fourth-order valence-electron chi connectivity index (χ4n) is 4.92. The fourth-order valence-corrected chi connectivity index (χ4v) is 5.57. The average molecular weight is 503 g/mol. The highest BCUT2D eigenvalue weighted by atomic mass is 32.1. The van der Waals surface area contributed by atoms with Gasteiger partial charge in [0.1, 0.15) is 0 Å². The van der Waals surface area contributed by atoms with Gasteiger partial charge >= 0.3 is 0 Å². The molecule has 1 aliphatic rings. The van der Waals surface area contributed by atoms with Crippen molar-refractivity contribution in [3.63, 3.8) is 0 Å². The third-order valence-corrected chi connectivity index (χ3v) is 7.81. The highest BCUT2D eigenvalue weighted by Crippen LogP contribution is 2.32. The number of nitrogens with one attached hydrogen (secondary N) is 1. The number of carbonyl (C=O) groups is 1. The molecule has 5 nitrogen and oxygen atoms in total. The van der Waals surface area contributed by atoms with E-state index in [1.165, 1.54) is 16.0 Å². The number of nitrogens with zero attached hydrogens (tertiary/aromatic N) is 3. The molecule has 190 valence electrons. The summed E-state index contributed by atoms with van der Waals surface area (Å²) in [6.45, 7) is 15.2. The second-order valence-corrected chi connectivity index (χ2v) is 10.2. The van der Waals surface area contributed by atoms with Crippen molar-refractivity contribution in [2.75, 3.05) is 51.1 Å². The van der Waals surface area contributed by atoms with Gasteiger partial charge < -0.3 is 10.2 Å². The SMILES string of the molecule is C=CCN1CCN([C@H](c2ccc(C(=O)N(CC)CC)cc2)c2cccc(NCc3cccs3)c2)CC1. The lowest BCUT2D eigenvalue weighted by Crippen LogP contribution is -2.47. The van der Waals surface area contributed by atoms with Gasteiger partial charge in [-0.2, -0.15) is 0 Å². The first-order valence-electron chi connectivity index (χ1n) is 13.0. The Bertz CT molecular complexity index is 1100. The zero-order valence-electron chi connectivity index (χ0n) is 21.5. The van der Waals surface area contributed by atoms with E-state index in [1.807, 2.05) is 37.0 Å². The summed E-state index contributed by atoms with van der Waals surface area (Å²) in [5, 5.41) is 5.71. The normalized spacial score (nSPS) is 15.4. The van der Waals surface area contributed by atoms with E-state index < -0.39 is 0 Å². The van der Waals surface area contributed by atoms with Crippen LogP contribution >= 0.6 is 11.3 Å². The molecule has 1 N–H and O–H groups in total. The highest BCUT2D eigenvalue weighted by molar-refractivity contribution is 7.09. The minimum atomic E-state index is 0.0981. The quantitative estimate of drug-likeness (QED) is 0.340. The van der Waals surface area contributed by atoms with E-state index in [4.69, 9.17) is 0 Å². The molecule has 1 aliphatic heterocycles. The molecule has 0 unspecified atom stereocenters. The predicted molar refractivity (Wildman–Crippen MR) is 152 cm³/mol. The van der Waals surface area contributed by atoms with Crippen LogP contribution in [0.25, 0.3) is 0 Å². The fraction of sp³-hybridized carbons (Fsp3) is 0.367. The maximum atomic E-state index is 12.9. The van der Waals surface area contributed by atoms with E-state index in [1.54, 1.807) is 11.3 Å². The van der Waals surface area contributed by atoms with Gasteiger partial charge in [0.25, 0.3) is 5.91 Å². The minimum absolute atomic E-state index is 0.0981. The predicted octanol–water partition coefficient (Wildman–Crippen LogP) is 5.74. The van der Waals surface area contributed by atoms with Crippen molar-refractivity contribution in [1.29, 1.82) is 0 Å². The highest BCUT2D eigenvalue weighted by Gasteiger charge is 2.27. The number of carbonyl (C=O) groups excluding carboxylic acids is 1. The maximum Gasteiger partial charge on any atom is 0.253 e. The van der Waals surface area contributed by atoms with E-state index in [9.17, 15) is 4.79 Å². The Morgan fingerprint density at radius 3 is 2.42 bits per heavy atom. The number of benzene rings is 2. The van der Waals surface area contributed by atoms with E-state index in [0.717, 1.165) is 63.6 Å². The van der Waals surface area contributed by atoms with Gasteiger partial charge in [0.2, 0.25) is 0 Å². The van der Waals surface area contributed by atoms with E-state index in [0.29, 0.717) is 0 Å². The summed E-state index contributed by atoms with van der Waals surface area (Å²) in [4.78, 5) is 21.1. The minimum Gasteiger partial charge on any atom is -0.380 e. The molecule has 6 heteroatoms. The maximum absolute atomic E-state index is 12.9. The summed E-state index contributed by atoms with van der Waals surface area (Å²) in [7, 11) is 0. The number of hydrogen-bond donors (Lipinski definition) is 1. The molecule has 2 aromatic carbocycles. The lowest BCUT2D eigenvalue weighted by Gasteiger charge is -2.39. The van der Waals surface area contributed by atoms with Crippen LogP contribution in [0.5, 0.6) is 0 Å². The second-order valence-electron chi connectivity index (χ2n) is 9.19. The Balaban J connectivity index is 1.59. The number of amides is 1. The van der Waals surface area contributed by atoms with Crippen molar-refractivity contribution in [2.24, 2.45) is 0 Å². The van der Waals surface area contributed by atoms with Crippen LogP contribution in [0.3, 0.4) is 0 Å². The van der Waals surface area contributed by atoms with Crippen molar-refractivity contribution < 1.29 is 4.79 Å². The Kier molecular flexibility index (Phi) is 9.34. The third kappa shape index (κ3) is 6.44. The zero-order chi connectivity index (χ0) is 25.3. The number of piperazine rings is 1. The van der Waals surface area contributed by atoms with Crippen LogP contribution in [-0.2, 0) is 6.54 Å². The van der Waals surface area contributed by atoms with E-state index >= 15 is 0 Å². The molecule has 4 rings (SSSR count). The molecule has 0 spiro atoms. The molecule has 0 saturated carbocycles. The van der Waals surface area contributed by atoms with Crippen molar-refractivity contribution in [2.45, 2.75) is 26.4 Å². The van der Waals surface area contributed by atoms with Gasteiger partial charge in [-0.3, -0.25) is 14.6 Å². The second kappa shape index (κ2) is 12.9. The summed E-state index contributed by atoms with van der Waals surface area (Å²) < 4.78 is 0. The van der Waals surface area contributed by atoms with E-state index in [2.05, 4.69) is 75.6 Å². The molecule has 0 radical (unpaired) electrons. The van der Waals surface area contributed by atoms with Crippen LogP contribution in [0.4, 0.5) is 5.69 Å². The smallest absolute Gasteiger partial charge is 0.253 e. The molecule has 1 saturated heterocycles. The first-order chi connectivity index (χ1) is 17.6. The van der Waals surface area contributed by atoms with Gasteiger partial charge in [-0.05, 0) is 60.7 Å². The van der Waals surface area contributed by atoms with Crippen LogP contribution in [0.1, 0.15) is 46.3 Å². The number of thiophene rings is 1. The molecular weight excluding hydrogens is 464 g/mol. The first-order valence-corrected chi connectivity index (χ1v) is 13.8. The molecule has 1 aromatic heterocycles. The van der Waals surface area contributed by atoms with Gasteiger partial charge in [0.15, 0.2) is 0 Å². The van der Waals surface area contributed by atoms with Gasteiger partial charge in [0.05, 0.1) is 6.04 Å². The molecule has 1 atom stereocenters. The summed E-state index contributed by atoms with van der Waals surface area (Å²) in [5.74, 6) is 0.0981. The van der Waals surface area contributed by atoms with Gasteiger partial charge in [-0.25, -0.2) is 0 Å². The summed E-state index contributed by atoms with van der Waals surface area (Å²) in [5.41, 5.74) is 4.37. The van der Waals surface area contributed by atoms with Crippen LogP contribution in [0.15, 0.2) is 78.7 Å². The molecule has 3 aromatic rings. The van der Waals surface area contributed by atoms with Crippen molar-refractivity contribution >= 4 is 22.9 Å². The summed E-state index contributed by atoms with van der Waals surface area (Å²) >= 11 is 1.77. The zero-order valence-corrected chi connectivity index (χ0v) is 22.3. The summed E-state index contributed by atoms with van der Waals surface area (Å²) in [6, 6.07) is 21.5. The van der Waals surface area contributed by atoms with Crippen LogP contribution in [0, 0.1) is 0 Å². The molecule has 0 bridgehead atoms. The van der Waals surface area contributed by atoms with Crippen molar-refractivity contribution in [1.82, 2.24) is 14.7 Å². The van der Waals surface area contributed by atoms with Crippen LogP contribution in [0.2, 0.25) is 0 Å². The Morgan fingerprint density at radius 2 is 1.78 bits per heavy atom. The Morgan fingerprint density at radius 1 is 1.03 bits per heavy atom. The molecule has 1 fully saturated rings. The standard InChI is InChI=1S/C30H38N4OS/c1-4-16-32-17-19-34(20-18-32)29(24-12-14-25(15-13-24)30(35)33(5-2)6-3)26-9-7-10-27(22-26)31-23-28-11-8-21-36-28/h4,7-15,21-22,29,31H,1,5-6,16-20,23H2,2-3H3/t29-/m1/s1. The number of rotatable bonds is 11. The van der Waals surface area contributed by atoms with Crippen molar-refractivity contribution in [3.8, 4) is 0 Å². The largest absolute Gasteiger partial charge is 0.380 e. The molecule has 0 aliphatic carbocycles. The topological polar surface area (TPSA) is 38.8 Å². The van der Waals surface area contributed by atoms with Gasteiger partial charge in [-0.1, -0.05) is 36.4 Å². The lowest BCUT2D eigenvalue weighted by atomic mass is 9.94. The number of hydrogen-bond acceptors (Lipinski definition) is 5. The first kappa shape index (κ1) is 26.1. The van der Waals surface area contributed by atoms with Gasteiger partial charge in [0, 0.05) is 68.5 Å². The van der Waals surface area contributed by atoms with Crippen LogP contribution < -0.4 is 5.32 Å². The average Bonchev–Trinajstić information content (AvgIpc) is 3.44. The molecule has 2 heterocycles. The van der Waals surface area contributed by atoms with E-state index in [-0.39, 0.29) is 11.9 Å². The van der Waals surface area contributed by atoms with Crippen LogP contribution in [-0.4, -0.2) is 66.4 Å². The Hall–Kier alpha value is -2.93. The summed E-state index contributed by atoms with van der Waals surface area (Å²) in [6.07, 6.45) is 1.99. The third-order valence-electron chi connectivity index (χ3n) is 6.93. The Labute approximate surface area is 220 Å². The molecule has 36 heavy (non-hydrogen) atoms. The van der Waals surface area contributed by atoms with Crippen molar-refractivity contribution in [3.05, 3.63) is 100 Å². The monoisotopic (exact) mass is 502 g/mol.